The third-order valence-electron chi connectivity index (χ3n) is 1.28. The number of aromatic nitrogens is 2. The van der Waals surface area contributed by atoms with E-state index in [9.17, 15) is 0 Å². The lowest BCUT2D eigenvalue weighted by atomic mass is 10.4. The van der Waals surface area contributed by atoms with E-state index in [0.717, 1.165) is 13.0 Å². The molecule has 1 rings (SSSR count). The molecule has 10 heavy (non-hydrogen) atoms. The summed E-state index contributed by atoms with van der Waals surface area (Å²) in [4.78, 5) is 3.93. The molecule has 1 aromatic rings. The van der Waals surface area contributed by atoms with Crippen LogP contribution in [0.2, 0.25) is 0 Å². The number of hydrogen-bond donors (Lipinski definition) is 0. The van der Waals surface area contributed by atoms with E-state index in [0.29, 0.717) is 0 Å². The van der Waals surface area contributed by atoms with E-state index in [1.165, 1.54) is 0 Å². The minimum absolute atomic E-state index is 0.938. The predicted octanol–water partition coefficient (Wildman–Crippen LogP) is 1.85. The van der Waals surface area contributed by atoms with Gasteiger partial charge >= 0.3 is 0 Å². The Balaban J connectivity index is 2.34. The van der Waals surface area contributed by atoms with Crippen LogP contribution >= 0.6 is 0 Å². The Morgan fingerprint density at radius 2 is 2.40 bits per heavy atom. The maximum atomic E-state index is 3.93. The van der Waals surface area contributed by atoms with Crippen LogP contribution in [0.5, 0.6) is 0 Å². The normalized spacial score (nSPS) is 10.9. The van der Waals surface area contributed by atoms with Gasteiger partial charge in [0.2, 0.25) is 0 Å². The van der Waals surface area contributed by atoms with Crippen molar-refractivity contribution in [2.75, 3.05) is 0 Å². The topological polar surface area (TPSA) is 17.8 Å². The van der Waals surface area contributed by atoms with Gasteiger partial charge in [0.1, 0.15) is 0 Å². The zero-order valence-electron chi connectivity index (χ0n) is 6.20. The number of nitrogens with zero attached hydrogens (tertiary/aromatic N) is 2. The molecule has 1 aromatic heterocycles. The Hall–Kier alpha value is -1.05. The molecule has 0 aromatic carbocycles. The zero-order valence-corrected chi connectivity index (χ0v) is 6.20. The van der Waals surface area contributed by atoms with E-state index in [-0.39, 0.29) is 0 Å². The molecule has 0 radical (unpaired) electrons. The van der Waals surface area contributed by atoms with E-state index < -0.39 is 0 Å². The van der Waals surface area contributed by atoms with Gasteiger partial charge in [-0.3, -0.25) is 0 Å². The Morgan fingerprint density at radius 1 is 1.50 bits per heavy atom. The highest BCUT2D eigenvalue weighted by molar-refractivity contribution is 4.84. The molecule has 0 N–H and O–H groups in total. The van der Waals surface area contributed by atoms with Crippen LogP contribution in [0.1, 0.15) is 13.3 Å². The highest BCUT2D eigenvalue weighted by atomic mass is 15.0. The summed E-state index contributed by atoms with van der Waals surface area (Å²) in [5.74, 6) is 0. The zero-order chi connectivity index (χ0) is 7.23. The molecule has 0 amide bonds. The van der Waals surface area contributed by atoms with Crippen molar-refractivity contribution in [3.05, 3.63) is 30.9 Å². The van der Waals surface area contributed by atoms with Crippen LogP contribution in [0, 0.1) is 0 Å². The Kier molecular flexibility index (Phi) is 2.74. The summed E-state index contributed by atoms with van der Waals surface area (Å²) in [5, 5.41) is 0. The Labute approximate surface area is 61.2 Å². The number of allylic oxidation sites excluding steroid dienone is 2. The summed E-state index contributed by atoms with van der Waals surface area (Å²) in [6.45, 7) is 3.07. The van der Waals surface area contributed by atoms with Gasteiger partial charge in [-0.1, -0.05) is 19.1 Å². The lowest BCUT2D eigenvalue weighted by Crippen LogP contribution is -1.88. The molecule has 2 heteroatoms. The molecule has 1 heterocycles. The second-order valence-electron chi connectivity index (χ2n) is 2.14. The van der Waals surface area contributed by atoms with Gasteiger partial charge in [0.15, 0.2) is 0 Å². The molecule has 0 atom stereocenters. The lowest BCUT2D eigenvalue weighted by molar-refractivity contribution is 0.817. The van der Waals surface area contributed by atoms with Gasteiger partial charge in [-0.15, -0.1) is 0 Å². The van der Waals surface area contributed by atoms with Crippen molar-refractivity contribution in [3.63, 3.8) is 0 Å². The number of hydrogen-bond acceptors (Lipinski definition) is 1. The first-order valence-corrected chi connectivity index (χ1v) is 3.54. The van der Waals surface area contributed by atoms with E-state index in [1.54, 1.807) is 6.20 Å². The molecule has 0 aliphatic rings. The predicted molar refractivity (Wildman–Crippen MR) is 41.7 cm³/mol. The summed E-state index contributed by atoms with van der Waals surface area (Å²) >= 11 is 0. The van der Waals surface area contributed by atoms with Gasteiger partial charge in [0.05, 0.1) is 6.33 Å². The van der Waals surface area contributed by atoms with Crippen LogP contribution in [0.25, 0.3) is 0 Å². The fraction of sp³-hybridized carbons (Fsp3) is 0.375. The standard InChI is InChI=1S/C8H12N2/c1-2-3-4-6-10-7-5-9-8-10/h3-5,7-8H,2,6H2,1H3/b4-3+. The first-order chi connectivity index (χ1) is 4.93. The van der Waals surface area contributed by atoms with Crippen molar-refractivity contribution < 1.29 is 0 Å². The summed E-state index contributed by atoms with van der Waals surface area (Å²) in [5.41, 5.74) is 0. The van der Waals surface area contributed by atoms with Crippen LogP contribution in [-0.4, -0.2) is 9.55 Å². The van der Waals surface area contributed by atoms with Crippen LogP contribution in [0.3, 0.4) is 0 Å². The van der Waals surface area contributed by atoms with Crippen LogP contribution in [0.15, 0.2) is 30.9 Å². The van der Waals surface area contributed by atoms with Crippen LogP contribution < -0.4 is 0 Å². The molecule has 0 unspecified atom stereocenters. The van der Waals surface area contributed by atoms with E-state index in [4.69, 9.17) is 0 Å². The molecular formula is C8H12N2. The largest absolute Gasteiger partial charge is 0.334 e. The molecule has 0 aliphatic heterocycles. The SMILES string of the molecule is CC/C=C/Cn1ccnc1. The summed E-state index contributed by atoms with van der Waals surface area (Å²) in [6.07, 6.45) is 11.0. The third kappa shape index (κ3) is 2.05. The van der Waals surface area contributed by atoms with Crippen molar-refractivity contribution in [1.82, 2.24) is 9.55 Å². The summed E-state index contributed by atoms with van der Waals surface area (Å²) in [6, 6.07) is 0. The van der Waals surface area contributed by atoms with Gasteiger partial charge < -0.3 is 4.57 Å². The van der Waals surface area contributed by atoms with Gasteiger partial charge in [-0.2, -0.15) is 0 Å². The van der Waals surface area contributed by atoms with Crippen molar-refractivity contribution in [2.24, 2.45) is 0 Å². The van der Waals surface area contributed by atoms with Gasteiger partial charge in [-0.25, -0.2) is 4.98 Å². The van der Waals surface area contributed by atoms with E-state index >= 15 is 0 Å². The second kappa shape index (κ2) is 3.88. The van der Waals surface area contributed by atoms with Crippen LogP contribution in [-0.2, 0) is 6.54 Å². The quantitative estimate of drug-likeness (QED) is 0.580. The molecule has 0 saturated carbocycles. The van der Waals surface area contributed by atoms with Crippen molar-refractivity contribution in [2.45, 2.75) is 19.9 Å². The molecule has 0 spiro atoms. The molecular weight excluding hydrogens is 124 g/mol. The van der Waals surface area contributed by atoms with Gasteiger partial charge in [0.25, 0.3) is 0 Å². The average molecular weight is 136 g/mol. The van der Waals surface area contributed by atoms with E-state index in [2.05, 4.69) is 24.1 Å². The molecule has 54 valence electrons. The van der Waals surface area contributed by atoms with Gasteiger partial charge in [0, 0.05) is 18.9 Å². The molecule has 0 aliphatic carbocycles. The minimum atomic E-state index is 0.938. The molecule has 0 bridgehead atoms. The highest BCUT2D eigenvalue weighted by Crippen LogP contribution is 1.87. The molecule has 0 fully saturated rings. The maximum absolute atomic E-state index is 3.93. The first kappa shape index (κ1) is 7.06. The smallest absolute Gasteiger partial charge is 0.0948 e. The van der Waals surface area contributed by atoms with Crippen molar-refractivity contribution in [3.8, 4) is 0 Å². The van der Waals surface area contributed by atoms with Crippen LogP contribution in [0.4, 0.5) is 0 Å². The van der Waals surface area contributed by atoms with Crippen molar-refractivity contribution in [1.29, 1.82) is 0 Å². The summed E-state index contributed by atoms with van der Waals surface area (Å²) in [7, 11) is 0. The monoisotopic (exact) mass is 136 g/mol. The van der Waals surface area contributed by atoms with Crippen molar-refractivity contribution >= 4 is 0 Å². The Morgan fingerprint density at radius 3 is 3.00 bits per heavy atom. The first-order valence-electron chi connectivity index (χ1n) is 3.54. The lowest BCUT2D eigenvalue weighted by Gasteiger charge is -1.92. The second-order valence-corrected chi connectivity index (χ2v) is 2.14. The average Bonchev–Trinajstić information content (AvgIpc) is 2.41. The number of imidazole rings is 1. The fourth-order valence-electron chi connectivity index (χ4n) is 0.758. The summed E-state index contributed by atoms with van der Waals surface area (Å²) < 4.78 is 2.03. The fourth-order valence-corrected chi connectivity index (χ4v) is 0.758. The molecule has 2 nitrogen and oxygen atoms in total. The Bertz CT molecular complexity index is 187. The minimum Gasteiger partial charge on any atom is -0.334 e. The maximum Gasteiger partial charge on any atom is 0.0948 e. The highest BCUT2D eigenvalue weighted by Gasteiger charge is 1.81. The van der Waals surface area contributed by atoms with E-state index in [1.807, 2.05) is 17.1 Å². The third-order valence-corrected chi connectivity index (χ3v) is 1.28. The molecule has 0 saturated heterocycles. The van der Waals surface area contributed by atoms with Gasteiger partial charge in [-0.05, 0) is 6.42 Å². The number of rotatable bonds is 3.